The van der Waals surface area contributed by atoms with Crippen molar-refractivity contribution in [3.8, 4) is 17.0 Å². The number of carbonyl (C=O) groups excluding carboxylic acids is 2. The first kappa shape index (κ1) is 22.0. The molecule has 1 saturated heterocycles. The van der Waals surface area contributed by atoms with Crippen molar-refractivity contribution in [3.63, 3.8) is 0 Å². The lowest BCUT2D eigenvalue weighted by molar-refractivity contribution is -0.132. The lowest BCUT2D eigenvalue weighted by Crippen LogP contribution is -2.59. The van der Waals surface area contributed by atoms with Crippen molar-refractivity contribution >= 4 is 23.4 Å². The van der Waals surface area contributed by atoms with Gasteiger partial charge in [0.1, 0.15) is 11.6 Å². The van der Waals surface area contributed by atoms with E-state index in [1.165, 1.54) is 0 Å². The standard InChI is InChI=1S/C25H28N6O3/c1-34-21-14-8-7-13-19(21)27-25(33)28-22-15-20(16-9-3-2-4-10-16)30-31(22)24-26-18-12-6-5-11-17(18)23(32)29-24/h2-4,7-10,13-15,17-18,24,26H,5-6,11-12H2,1H3,(H,29,32)(H2,27,28,33). The fraction of sp³-hybridized carbons (Fsp3) is 0.320. The van der Waals surface area contributed by atoms with Crippen LogP contribution in [-0.2, 0) is 4.79 Å². The van der Waals surface area contributed by atoms with Crippen molar-refractivity contribution in [1.29, 1.82) is 0 Å². The maximum absolute atomic E-state index is 12.9. The van der Waals surface area contributed by atoms with E-state index in [-0.39, 0.29) is 17.9 Å². The van der Waals surface area contributed by atoms with Gasteiger partial charge >= 0.3 is 6.03 Å². The summed E-state index contributed by atoms with van der Waals surface area (Å²) in [4.78, 5) is 25.7. The molecule has 3 unspecified atom stereocenters. The van der Waals surface area contributed by atoms with Crippen LogP contribution in [0.1, 0.15) is 32.0 Å². The third-order valence-corrected chi connectivity index (χ3v) is 6.40. The highest BCUT2D eigenvalue weighted by molar-refractivity contribution is 6.00. The summed E-state index contributed by atoms with van der Waals surface area (Å²) >= 11 is 0. The SMILES string of the molecule is COc1ccccc1NC(=O)Nc1cc(-c2ccccc2)nn1C1NC(=O)C2CCCCC2N1. The molecular formula is C25H28N6O3. The first-order valence-corrected chi connectivity index (χ1v) is 11.5. The van der Waals surface area contributed by atoms with Gasteiger partial charge in [-0.1, -0.05) is 55.3 Å². The molecule has 0 bridgehead atoms. The molecule has 3 aromatic rings. The molecule has 9 heteroatoms. The Morgan fingerprint density at radius 2 is 1.82 bits per heavy atom. The molecule has 2 fully saturated rings. The average molecular weight is 461 g/mol. The van der Waals surface area contributed by atoms with Crippen molar-refractivity contribution in [1.82, 2.24) is 20.4 Å². The van der Waals surface area contributed by atoms with Crippen LogP contribution < -0.4 is 26.0 Å². The predicted molar refractivity (Wildman–Crippen MR) is 129 cm³/mol. The van der Waals surface area contributed by atoms with Crippen molar-refractivity contribution in [2.24, 2.45) is 5.92 Å². The van der Waals surface area contributed by atoms with Gasteiger partial charge in [-0.15, -0.1) is 0 Å². The molecule has 2 aromatic carbocycles. The average Bonchev–Trinajstić information content (AvgIpc) is 3.28. The molecule has 34 heavy (non-hydrogen) atoms. The Hall–Kier alpha value is -3.85. The van der Waals surface area contributed by atoms with E-state index in [1.807, 2.05) is 42.5 Å². The van der Waals surface area contributed by atoms with E-state index in [9.17, 15) is 9.59 Å². The zero-order chi connectivity index (χ0) is 23.5. The number of hydrogen-bond donors (Lipinski definition) is 4. The maximum atomic E-state index is 12.9. The van der Waals surface area contributed by atoms with Crippen molar-refractivity contribution < 1.29 is 14.3 Å². The zero-order valence-electron chi connectivity index (χ0n) is 19.0. The Kier molecular flexibility index (Phi) is 6.18. The molecule has 2 heterocycles. The number of urea groups is 1. The number of nitrogens with one attached hydrogen (secondary N) is 4. The number of hydrogen-bond acceptors (Lipinski definition) is 5. The normalized spacial score (nSPS) is 21.8. The number of benzene rings is 2. The summed E-state index contributed by atoms with van der Waals surface area (Å²) in [5.74, 6) is 1.01. The number of anilines is 2. The van der Waals surface area contributed by atoms with Crippen molar-refractivity contribution in [2.75, 3.05) is 17.7 Å². The van der Waals surface area contributed by atoms with Crippen LogP contribution in [-0.4, -0.2) is 34.9 Å². The van der Waals surface area contributed by atoms with Gasteiger partial charge in [0.25, 0.3) is 0 Å². The fourth-order valence-corrected chi connectivity index (χ4v) is 4.71. The van der Waals surface area contributed by atoms with E-state index in [0.717, 1.165) is 31.2 Å². The third kappa shape index (κ3) is 4.47. The molecule has 1 aliphatic heterocycles. The molecule has 2 aliphatic rings. The monoisotopic (exact) mass is 460 g/mol. The number of nitrogens with zero attached hydrogens (tertiary/aromatic N) is 2. The summed E-state index contributed by atoms with van der Waals surface area (Å²) in [6, 6.07) is 18.3. The molecule has 1 saturated carbocycles. The van der Waals surface area contributed by atoms with Gasteiger partial charge in [0.15, 0.2) is 6.29 Å². The van der Waals surface area contributed by atoms with Gasteiger partial charge in [0.2, 0.25) is 5.91 Å². The Bertz CT molecular complexity index is 1180. The number of aromatic nitrogens is 2. The number of ether oxygens (including phenoxy) is 1. The first-order chi connectivity index (χ1) is 16.6. The highest BCUT2D eigenvalue weighted by atomic mass is 16.5. The van der Waals surface area contributed by atoms with Gasteiger partial charge in [0.05, 0.1) is 24.4 Å². The highest BCUT2D eigenvalue weighted by Crippen LogP contribution is 2.31. The lowest BCUT2D eigenvalue weighted by Gasteiger charge is -2.40. The van der Waals surface area contributed by atoms with Gasteiger partial charge in [-0.25, -0.2) is 9.48 Å². The second-order valence-corrected chi connectivity index (χ2v) is 8.58. The molecule has 9 nitrogen and oxygen atoms in total. The minimum absolute atomic E-state index is 0.0228. The molecule has 0 radical (unpaired) electrons. The number of fused-ring (bicyclic) bond motifs is 1. The van der Waals surface area contributed by atoms with Crippen LogP contribution in [0.5, 0.6) is 5.75 Å². The summed E-state index contributed by atoms with van der Waals surface area (Å²) < 4.78 is 6.95. The number of para-hydroxylation sites is 2. The maximum Gasteiger partial charge on any atom is 0.324 e. The Balaban J connectivity index is 1.43. The minimum Gasteiger partial charge on any atom is -0.495 e. The number of amides is 3. The quantitative estimate of drug-likeness (QED) is 0.461. The summed E-state index contributed by atoms with van der Waals surface area (Å²) in [6.07, 6.45) is 3.42. The van der Waals surface area contributed by atoms with Crippen LogP contribution in [0.3, 0.4) is 0 Å². The molecule has 4 N–H and O–H groups in total. The Morgan fingerprint density at radius 3 is 2.65 bits per heavy atom. The number of methoxy groups -OCH3 is 1. The van der Waals surface area contributed by atoms with Crippen molar-refractivity contribution in [3.05, 3.63) is 60.7 Å². The molecular weight excluding hydrogens is 432 g/mol. The third-order valence-electron chi connectivity index (χ3n) is 6.40. The predicted octanol–water partition coefficient (Wildman–Crippen LogP) is 3.94. The van der Waals surface area contributed by atoms with Gasteiger partial charge in [0, 0.05) is 17.7 Å². The highest BCUT2D eigenvalue weighted by Gasteiger charge is 2.39. The van der Waals surface area contributed by atoms with Crippen LogP contribution in [0.25, 0.3) is 11.3 Å². The van der Waals surface area contributed by atoms with Crippen LogP contribution in [0, 0.1) is 5.92 Å². The lowest BCUT2D eigenvalue weighted by atomic mass is 9.83. The second-order valence-electron chi connectivity index (χ2n) is 8.58. The van der Waals surface area contributed by atoms with Gasteiger partial charge in [-0.2, -0.15) is 5.10 Å². The van der Waals surface area contributed by atoms with Gasteiger partial charge in [-0.05, 0) is 25.0 Å². The fourth-order valence-electron chi connectivity index (χ4n) is 4.71. The first-order valence-electron chi connectivity index (χ1n) is 11.5. The molecule has 5 rings (SSSR count). The molecule has 1 aliphatic carbocycles. The van der Waals surface area contributed by atoms with Crippen LogP contribution in [0.4, 0.5) is 16.3 Å². The zero-order valence-corrected chi connectivity index (χ0v) is 19.0. The van der Waals surface area contributed by atoms with Crippen LogP contribution in [0.2, 0.25) is 0 Å². The van der Waals surface area contributed by atoms with E-state index in [1.54, 1.807) is 30.0 Å². The van der Waals surface area contributed by atoms with Gasteiger partial charge < -0.3 is 15.4 Å². The molecule has 0 spiro atoms. The smallest absolute Gasteiger partial charge is 0.324 e. The summed E-state index contributed by atoms with van der Waals surface area (Å²) in [5.41, 5.74) is 2.15. The van der Waals surface area contributed by atoms with E-state index in [0.29, 0.717) is 22.9 Å². The second kappa shape index (κ2) is 9.56. The van der Waals surface area contributed by atoms with E-state index in [2.05, 4.69) is 21.3 Å². The topological polar surface area (TPSA) is 109 Å². The molecule has 1 aromatic heterocycles. The van der Waals surface area contributed by atoms with Crippen LogP contribution in [0.15, 0.2) is 60.7 Å². The molecule has 3 atom stereocenters. The number of carbonyl (C=O) groups is 2. The Morgan fingerprint density at radius 1 is 1.06 bits per heavy atom. The number of rotatable bonds is 5. The molecule has 176 valence electrons. The summed E-state index contributed by atoms with van der Waals surface area (Å²) in [5, 5.41) is 17.0. The van der Waals surface area contributed by atoms with Crippen molar-refractivity contribution in [2.45, 2.75) is 38.0 Å². The van der Waals surface area contributed by atoms with E-state index < -0.39 is 12.3 Å². The largest absolute Gasteiger partial charge is 0.495 e. The minimum atomic E-state index is -0.564. The van der Waals surface area contributed by atoms with E-state index in [4.69, 9.17) is 9.84 Å². The summed E-state index contributed by atoms with van der Waals surface area (Å²) in [7, 11) is 1.55. The summed E-state index contributed by atoms with van der Waals surface area (Å²) in [6.45, 7) is 0. The molecule has 3 amide bonds. The van der Waals surface area contributed by atoms with Gasteiger partial charge in [-0.3, -0.25) is 15.4 Å². The Labute approximate surface area is 197 Å². The van der Waals surface area contributed by atoms with Crippen LogP contribution >= 0.6 is 0 Å². The van der Waals surface area contributed by atoms with E-state index >= 15 is 0 Å².